The summed E-state index contributed by atoms with van der Waals surface area (Å²) >= 11 is 0. The molecule has 10 heteroatoms. The summed E-state index contributed by atoms with van der Waals surface area (Å²) in [5.41, 5.74) is 2.42. The van der Waals surface area contributed by atoms with Gasteiger partial charge in [0.25, 0.3) is 0 Å². The van der Waals surface area contributed by atoms with Gasteiger partial charge in [0.2, 0.25) is 11.8 Å². The fraction of sp³-hybridized carbons (Fsp3) is 0.571. The van der Waals surface area contributed by atoms with E-state index in [4.69, 9.17) is 20.0 Å². The Morgan fingerprint density at radius 2 is 1.97 bits per heavy atom. The lowest BCUT2D eigenvalue weighted by Crippen LogP contribution is -2.43. The largest absolute Gasteiger partial charge is 0.479 e. The second kappa shape index (κ2) is 7.81. The molecule has 2 aliphatic heterocycles. The van der Waals surface area contributed by atoms with Gasteiger partial charge in [-0.3, -0.25) is 10.00 Å². The lowest BCUT2D eigenvalue weighted by molar-refractivity contribution is 0.110. The van der Waals surface area contributed by atoms with Crippen molar-refractivity contribution in [2.75, 3.05) is 19.0 Å². The van der Waals surface area contributed by atoms with Crippen molar-refractivity contribution in [3.8, 4) is 11.9 Å². The van der Waals surface area contributed by atoms with Crippen LogP contribution in [0.4, 0.5) is 11.8 Å². The molecule has 2 fully saturated rings. The van der Waals surface area contributed by atoms with E-state index in [1.54, 1.807) is 7.11 Å². The number of aromatic nitrogens is 6. The number of nitriles is 1. The van der Waals surface area contributed by atoms with Crippen molar-refractivity contribution in [2.45, 2.75) is 64.1 Å². The first-order valence-electron chi connectivity index (χ1n) is 10.8. The van der Waals surface area contributed by atoms with Gasteiger partial charge in [0.05, 0.1) is 13.2 Å². The number of methoxy groups -OCH3 is 1. The van der Waals surface area contributed by atoms with Crippen LogP contribution in [0.15, 0.2) is 6.07 Å². The summed E-state index contributed by atoms with van der Waals surface area (Å²) in [7, 11) is 1.60. The average Bonchev–Trinajstić information content (AvgIpc) is 3.38. The van der Waals surface area contributed by atoms with E-state index in [2.05, 4.69) is 36.0 Å². The van der Waals surface area contributed by atoms with Gasteiger partial charge in [-0.05, 0) is 39.5 Å². The Morgan fingerprint density at radius 1 is 1.19 bits per heavy atom. The molecule has 10 nitrogen and oxygen atoms in total. The second-order valence-electron chi connectivity index (χ2n) is 8.48. The second-order valence-corrected chi connectivity index (χ2v) is 8.48. The standard InChI is InChI=1S/C21H27N9O/c1-12-9-17(28-27-12)24-21-25-19-18(20(26-21)31-3)23-13(2)30(19)16-10-14-5-6-15(11-16)29(14)8-4-7-22/h9,14-16H,4-6,8,10-11H2,1-3H3,(H2,24,25,26,27,28)/t14-,15+,16-. The Labute approximate surface area is 180 Å². The SMILES string of the molecule is COc1nc(Nc2cc(C)[nH]n2)nc2c1nc(C)n2[C@@H]1C[C@H]2CC[C@@H](C1)N2CCC#N. The zero-order valence-corrected chi connectivity index (χ0v) is 18.1. The van der Waals surface area contributed by atoms with Gasteiger partial charge in [-0.15, -0.1) is 0 Å². The van der Waals surface area contributed by atoms with Crippen molar-refractivity contribution in [3.05, 3.63) is 17.6 Å². The van der Waals surface area contributed by atoms with Crippen molar-refractivity contribution in [3.63, 3.8) is 0 Å². The lowest BCUT2D eigenvalue weighted by atomic mass is 9.96. The fourth-order valence-electron chi connectivity index (χ4n) is 5.29. The molecule has 3 aromatic rings. The molecule has 2 bridgehead atoms. The number of aryl methyl sites for hydroxylation is 2. The molecule has 0 unspecified atom stereocenters. The number of fused-ring (bicyclic) bond motifs is 3. The minimum Gasteiger partial charge on any atom is -0.479 e. The highest BCUT2D eigenvalue weighted by Gasteiger charge is 2.41. The first-order valence-corrected chi connectivity index (χ1v) is 10.8. The Morgan fingerprint density at radius 3 is 2.61 bits per heavy atom. The molecule has 3 atom stereocenters. The molecule has 2 N–H and O–H groups in total. The van der Waals surface area contributed by atoms with Crippen LogP contribution in [0.1, 0.15) is 49.7 Å². The number of H-pyrrole nitrogens is 1. The number of ether oxygens (including phenoxy) is 1. The predicted octanol–water partition coefficient (Wildman–Crippen LogP) is 3.00. The van der Waals surface area contributed by atoms with Crippen LogP contribution >= 0.6 is 0 Å². The number of hydrogen-bond donors (Lipinski definition) is 2. The minimum atomic E-state index is 0.320. The molecule has 162 valence electrons. The monoisotopic (exact) mass is 421 g/mol. The third-order valence-electron chi connectivity index (χ3n) is 6.53. The number of nitrogens with one attached hydrogen (secondary N) is 2. The summed E-state index contributed by atoms with van der Waals surface area (Å²) in [6, 6.07) is 5.55. The third-order valence-corrected chi connectivity index (χ3v) is 6.53. The van der Waals surface area contributed by atoms with E-state index in [9.17, 15) is 0 Å². The summed E-state index contributed by atoms with van der Waals surface area (Å²) < 4.78 is 7.81. The van der Waals surface area contributed by atoms with Crippen molar-refractivity contribution in [1.82, 2.24) is 34.6 Å². The molecule has 0 amide bonds. The molecular formula is C21H27N9O. The Kier molecular flexibility index (Phi) is 4.98. The normalized spacial score (nSPS) is 23.2. The fourth-order valence-corrected chi connectivity index (χ4v) is 5.29. The summed E-state index contributed by atoms with van der Waals surface area (Å²) in [6.45, 7) is 4.84. The van der Waals surface area contributed by atoms with Crippen LogP contribution in [0.5, 0.6) is 5.88 Å². The van der Waals surface area contributed by atoms with E-state index in [1.807, 2.05) is 19.9 Å². The highest BCUT2D eigenvalue weighted by Crippen LogP contribution is 2.42. The Hall–Kier alpha value is -3.19. The van der Waals surface area contributed by atoms with Gasteiger partial charge in [-0.25, -0.2) is 4.98 Å². The van der Waals surface area contributed by atoms with Gasteiger partial charge >= 0.3 is 0 Å². The average molecular weight is 422 g/mol. The molecular weight excluding hydrogens is 394 g/mol. The Balaban J connectivity index is 1.50. The summed E-state index contributed by atoms with van der Waals surface area (Å²) in [6.07, 6.45) is 5.07. The molecule has 0 saturated carbocycles. The number of nitrogens with zero attached hydrogens (tertiary/aromatic N) is 7. The predicted molar refractivity (Wildman–Crippen MR) is 115 cm³/mol. The zero-order valence-electron chi connectivity index (χ0n) is 18.1. The van der Waals surface area contributed by atoms with Crippen molar-refractivity contribution >= 4 is 22.9 Å². The molecule has 2 saturated heterocycles. The summed E-state index contributed by atoms with van der Waals surface area (Å²) in [5.74, 6) is 2.47. The first-order chi connectivity index (χ1) is 15.1. The van der Waals surface area contributed by atoms with Gasteiger partial charge in [0.1, 0.15) is 5.82 Å². The number of hydrogen-bond acceptors (Lipinski definition) is 8. The maximum Gasteiger partial charge on any atom is 0.246 e. The molecule has 5 rings (SSSR count). The van der Waals surface area contributed by atoms with Crippen LogP contribution in [0.3, 0.4) is 0 Å². The number of aromatic amines is 1. The van der Waals surface area contributed by atoms with Gasteiger partial charge in [0, 0.05) is 42.9 Å². The van der Waals surface area contributed by atoms with Crippen molar-refractivity contribution in [1.29, 1.82) is 5.26 Å². The van der Waals surface area contributed by atoms with E-state index < -0.39 is 0 Å². The first kappa shape index (κ1) is 19.8. The molecule has 3 aromatic heterocycles. The van der Waals surface area contributed by atoms with Gasteiger partial charge in [0.15, 0.2) is 17.0 Å². The van der Waals surface area contributed by atoms with Gasteiger partial charge in [-0.1, -0.05) is 0 Å². The van der Waals surface area contributed by atoms with E-state index in [-0.39, 0.29) is 0 Å². The molecule has 0 spiro atoms. The van der Waals surface area contributed by atoms with E-state index in [0.717, 1.165) is 36.6 Å². The van der Waals surface area contributed by atoms with Crippen LogP contribution < -0.4 is 10.1 Å². The smallest absolute Gasteiger partial charge is 0.246 e. The highest BCUT2D eigenvalue weighted by atomic mass is 16.5. The molecule has 31 heavy (non-hydrogen) atoms. The van der Waals surface area contributed by atoms with Gasteiger partial charge in [-0.2, -0.15) is 20.3 Å². The number of imidazole rings is 1. The van der Waals surface area contributed by atoms with E-state index in [1.165, 1.54) is 12.8 Å². The van der Waals surface area contributed by atoms with Crippen LogP contribution in [-0.4, -0.2) is 60.4 Å². The third kappa shape index (κ3) is 3.49. The molecule has 0 aliphatic carbocycles. The summed E-state index contributed by atoms with van der Waals surface area (Å²) in [5, 5.41) is 19.3. The molecule has 5 heterocycles. The van der Waals surface area contributed by atoms with Crippen LogP contribution in [-0.2, 0) is 0 Å². The minimum absolute atomic E-state index is 0.320. The highest BCUT2D eigenvalue weighted by molar-refractivity contribution is 5.79. The van der Waals surface area contributed by atoms with Crippen LogP contribution in [0.25, 0.3) is 11.2 Å². The zero-order chi connectivity index (χ0) is 21.5. The molecule has 2 aliphatic rings. The lowest BCUT2D eigenvalue weighted by Gasteiger charge is -2.39. The molecule has 0 aromatic carbocycles. The molecule has 0 radical (unpaired) electrons. The van der Waals surface area contributed by atoms with E-state index >= 15 is 0 Å². The maximum absolute atomic E-state index is 9.00. The van der Waals surface area contributed by atoms with Crippen LogP contribution in [0.2, 0.25) is 0 Å². The van der Waals surface area contributed by atoms with Crippen molar-refractivity contribution < 1.29 is 4.74 Å². The summed E-state index contributed by atoms with van der Waals surface area (Å²) in [4.78, 5) is 16.6. The quantitative estimate of drug-likeness (QED) is 0.623. The topological polar surface area (TPSA) is 121 Å². The number of rotatable bonds is 6. The number of piperidine rings is 1. The Bertz CT molecular complexity index is 1130. The van der Waals surface area contributed by atoms with E-state index in [0.29, 0.717) is 47.7 Å². The number of anilines is 2. The van der Waals surface area contributed by atoms with Crippen LogP contribution in [0, 0.1) is 25.2 Å². The van der Waals surface area contributed by atoms with Gasteiger partial charge < -0.3 is 14.6 Å². The maximum atomic E-state index is 9.00. The van der Waals surface area contributed by atoms with Crippen molar-refractivity contribution in [2.24, 2.45) is 0 Å².